The molecule has 0 aliphatic rings. The summed E-state index contributed by atoms with van der Waals surface area (Å²) in [5.74, 6) is -0.723. The zero-order valence-corrected chi connectivity index (χ0v) is 10.6. The van der Waals surface area contributed by atoms with Crippen molar-refractivity contribution in [2.75, 3.05) is 0 Å². The third-order valence-corrected chi connectivity index (χ3v) is 3.75. The van der Waals surface area contributed by atoms with E-state index in [0.29, 0.717) is 6.42 Å². The van der Waals surface area contributed by atoms with E-state index in [4.69, 9.17) is 5.11 Å². The summed E-state index contributed by atoms with van der Waals surface area (Å²) < 4.78 is 1.13. The molecule has 0 saturated carbocycles. The third-order valence-electron chi connectivity index (χ3n) is 2.53. The quantitative estimate of drug-likeness (QED) is 0.910. The number of aryl methyl sites for hydroxylation is 2. The summed E-state index contributed by atoms with van der Waals surface area (Å²) in [4.78, 5) is 10.4. The number of benzene rings is 1. The van der Waals surface area contributed by atoms with Gasteiger partial charge in [-0.2, -0.15) is 0 Å². The Bertz CT molecular complexity index is 372. The minimum atomic E-state index is -0.723. The molecule has 0 unspecified atom stereocenters. The number of carbonyl (C=O) groups is 1. The van der Waals surface area contributed by atoms with Gasteiger partial charge in [-0.3, -0.25) is 4.79 Å². The largest absolute Gasteiger partial charge is 0.481 e. The van der Waals surface area contributed by atoms with Crippen LogP contribution in [0.4, 0.5) is 0 Å². The number of halogens is 1. The van der Waals surface area contributed by atoms with E-state index in [0.717, 1.165) is 10.9 Å². The molecule has 0 saturated heterocycles. The number of rotatable bonds is 4. The number of aliphatic carboxylic acids is 1. The molecule has 0 bridgehead atoms. The molecule has 0 fully saturated rings. The summed E-state index contributed by atoms with van der Waals surface area (Å²) in [6, 6.07) is 4.14. The summed E-state index contributed by atoms with van der Waals surface area (Å²) in [5, 5.41) is 8.55. The number of hydrogen-bond donors (Lipinski definition) is 1. The first kappa shape index (κ1) is 12.2. The van der Waals surface area contributed by atoms with Crippen LogP contribution in [0, 0.1) is 13.8 Å². The van der Waals surface area contributed by atoms with Gasteiger partial charge in [0.2, 0.25) is 0 Å². The number of carboxylic acids is 1. The smallest absolute Gasteiger partial charge is 0.303 e. The minimum absolute atomic E-state index is 0.241. The van der Waals surface area contributed by atoms with Crippen LogP contribution in [-0.2, 0) is 11.2 Å². The topological polar surface area (TPSA) is 37.3 Å². The van der Waals surface area contributed by atoms with Gasteiger partial charge in [0.25, 0.3) is 0 Å². The first-order valence-corrected chi connectivity index (χ1v) is 5.78. The molecular weight excluding hydrogens is 256 g/mol. The van der Waals surface area contributed by atoms with Gasteiger partial charge < -0.3 is 5.11 Å². The zero-order valence-electron chi connectivity index (χ0n) is 9.01. The Morgan fingerprint density at radius 2 is 2.07 bits per heavy atom. The SMILES string of the molecule is Cc1ccc(CCCC(=O)O)c(C)c1Br. The molecule has 82 valence electrons. The lowest BCUT2D eigenvalue weighted by molar-refractivity contribution is -0.137. The molecule has 1 aromatic carbocycles. The highest BCUT2D eigenvalue weighted by atomic mass is 79.9. The lowest BCUT2D eigenvalue weighted by Gasteiger charge is -2.09. The molecule has 2 nitrogen and oxygen atoms in total. The highest BCUT2D eigenvalue weighted by Gasteiger charge is 2.05. The van der Waals surface area contributed by atoms with Crippen molar-refractivity contribution in [2.45, 2.75) is 33.1 Å². The molecule has 0 amide bonds. The third kappa shape index (κ3) is 3.34. The van der Waals surface area contributed by atoms with Crippen LogP contribution in [0.3, 0.4) is 0 Å². The first-order valence-electron chi connectivity index (χ1n) is 4.98. The Balaban J connectivity index is 2.70. The molecule has 0 aromatic heterocycles. The average molecular weight is 271 g/mol. The average Bonchev–Trinajstić information content (AvgIpc) is 2.18. The summed E-state index contributed by atoms with van der Waals surface area (Å²) in [5.41, 5.74) is 3.67. The molecular formula is C12H15BrO2. The van der Waals surface area contributed by atoms with E-state index in [2.05, 4.69) is 41.9 Å². The van der Waals surface area contributed by atoms with Crippen molar-refractivity contribution >= 4 is 21.9 Å². The molecule has 0 aliphatic carbocycles. The van der Waals surface area contributed by atoms with Crippen molar-refractivity contribution in [1.29, 1.82) is 0 Å². The molecule has 3 heteroatoms. The standard InChI is InChI=1S/C12H15BrO2/c1-8-6-7-10(9(2)12(8)13)4-3-5-11(14)15/h6-7H,3-5H2,1-2H3,(H,14,15). The van der Waals surface area contributed by atoms with Crippen LogP contribution in [0.1, 0.15) is 29.5 Å². The van der Waals surface area contributed by atoms with Crippen LogP contribution in [0.15, 0.2) is 16.6 Å². The van der Waals surface area contributed by atoms with Crippen LogP contribution in [0.2, 0.25) is 0 Å². The zero-order chi connectivity index (χ0) is 11.4. The van der Waals surface area contributed by atoms with Crippen LogP contribution in [0.25, 0.3) is 0 Å². The van der Waals surface area contributed by atoms with E-state index in [1.54, 1.807) is 0 Å². The van der Waals surface area contributed by atoms with E-state index < -0.39 is 5.97 Å². The van der Waals surface area contributed by atoms with E-state index in [1.165, 1.54) is 16.7 Å². The summed E-state index contributed by atoms with van der Waals surface area (Å²) in [6.45, 7) is 4.12. The number of hydrogen-bond acceptors (Lipinski definition) is 1. The molecule has 0 heterocycles. The Morgan fingerprint density at radius 3 is 2.67 bits per heavy atom. The van der Waals surface area contributed by atoms with Crippen molar-refractivity contribution in [3.8, 4) is 0 Å². The Hall–Kier alpha value is -0.830. The number of carboxylic acid groups (broad SMARTS) is 1. The highest BCUT2D eigenvalue weighted by Crippen LogP contribution is 2.24. The van der Waals surface area contributed by atoms with Gasteiger partial charge >= 0.3 is 5.97 Å². The Morgan fingerprint density at radius 1 is 1.40 bits per heavy atom. The maximum Gasteiger partial charge on any atom is 0.303 e. The predicted molar refractivity (Wildman–Crippen MR) is 64.2 cm³/mol. The predicted octanol–water partition coefficient (Wildman–Crippen LogP) is 3.47. The molecule has 0 spiro atoms. The molecule has 1 aromatic rings. The fourth-order valence-electron chi connectivity index (χ4n) is 1.56. The summed E-state index contributed by atoms with van der Waals surface area (Å²) >= 11 is 3.53. The fraction of sp³-hybridized carbons (Fsp3) is 0.417. The van der Waals surface area contributed by atoms with Crippen LogP contribution in [0.5, 0.6) is 0 Å². The molecule has 1 N–H and O–H groups in total. The first-order chi connectivity index (χ1) is 7.02. The van der Waals surface area contributed by atoms with E-state index in [1.807, 2.05) is 0 Å². The van der Waals surface area contributed by atoms with Gasteiger partial charge in [0.15, 0.2) is 0 Å². The van der Waals surface area contributed by atoms with Gasteiger partial charge in [-0.25, -0.2) is 0 Å². The Kier molecular flexibility index (Phi) is 4.33. The highest BCUT2D eigenvalue weighted by molar-refractivity contribution is 9.10. The minimum Gasteiger partial charge on any atom is -0.481 e. The molecule has 1 rings (SSSR count). The summed E-state index contributed by atoms with van der Waals surface area (Å²) in [7, 11) is 0. The van der Waals surface area contributed by atoms with Crippen molar-refractivity contribution < 1.29 is 9.90 Å². The van der Waals surface area contributed by atoms with Gasteiger partial charge in [0, 0.05) is 10.9 Å². The summed E-state index contributed by atoms with van der Waals surface area (Å²) in [6.07, 6.45) is 1.77. The van der Waals surface area contributed by atoms with E-state index in [-0.39, 0.29) is 6.42 Å². The van der Waals surface area contributed by atoms with Crippen molar-refractivity contribution in [1.82, 2.24) is 0 Å². The maximum atomic E-state index is 10.4. The lowest BCUT2D eigenvalue weighted by Crippen LogP contribution is -1.98. The Labute approximate surface area is 98.4 Å². The van der Waals surface area contributed by atoms with Crippen molar-refractivity contribution in [2.24, 2.45) is 0 Å². The van der Waals surface area contributed by atoms with Crippen LogP contribution in [-0.4, -0.2) is 11.1 Å². The maximum absolute atomic E-state index is 10.4. The second-order valence-electron chi connectivity index (χ2n) is 3.73. The van der Waals surface area contributed by atoms with Gasteiger partial charge in [-0.15, -0.1) is 0 Å². The molecule has 0 radical (unpaired) electrons. The lowest BCUT2D eigenvalue weighted by atomic mass is 10.0. The molecule has 0 atom stereocenters. The van der Waals surface area contributed by atoms with E-state index in [9.17, 15) is 4.79 Å². The van der Waals surface area contributed by atoms with Gasteiger partial charge in [-0.05, 0) is 43.4 Å². The fourth-order valence-corrected chi connectivity index (χ4v) is 1.95. The normalized spacial score (nSPS) is 10.3. The van der Waals surface area contributed by atoms with Crippen LogP contribution >= 0.6 is 15.9 Å². The monoisotopic (exact) mass is 270 g/mol. The molecule has 15 heavy (non-hydrogen) atoms. The van der Waals surface area contributed by atoms with E-state index >= 15 is 0 Å². The van der Waals surface area contributed by atoms with Crippen LogP contribution < -0.4 is 0 Å². The van der Waals surface area contributed by atoms with Gasteiger partial charge in [0.1, 0.15) is 0 Å². The second-order valence-corrected chi connectivity index (χ2v) is 4.52. The van der Waals surface area contributed by atoms with Gasteiger partial charge in [-0.1, -0.05) is 28.1 Å². The molecule has 0 aliphatic heterocycles. The second kappa shape index (κ2) is 5.31. The van der Waals surface area contributed by atoms with Crippen molar-refractivity contribution in [3.05, 3.63) is 33.3 Å². The van der Waals surface area contributed by atoms with Gasteiger partial charge in [0.05, 0.1) is 0 Å². The van der Waals surface area contributed by atoms with Crippen molar-refractivity contribution in [3.63, 3.8) is 0 Å².